The summed E-state index contributed by atoms with van der Waals surface area (Å²) in [6.45, 7) is 1.49. The standard InChI is InChI=1S/C16H16O6/c1-9-7-13(19)15(16(20)22-9)12(18)6-4-10-3-5-11(17)14(8-10)21-2/h3,5,7-8,15,17H,4,6H2,1-2H3. The molecule has 0 radical (unpaired) electrons. The molecule has 1 atom stereocenters. The minimum atomic E-state index is -1.37. The van der Waals surface area contributed by atoms with Gasteiger partial charge in [0, 0.05) is 12.5 Å². The lowest BCUT2D eigenvalue weighted by molar-refractivity contribution is -0.152. The number of benzene rings is 1. The number of aromatic hydroxyl groups is 1. The van der Waals surface area contributed by atoms with Gasteiger partial charge >= 0.3 is 5.97 Å². The Bertz CT molecular complexity index is 659. The number of phenolic OH excluding ortho intramolecular Hbond substituents is 1. The van der Waals surface area contributed by atoms with E-state index < -0.39 is 23.5 Å². The average molecular weight is 304 g/mol. The van der Waals surface area contributed by atoms with Crippen LogP contribution in [0.4, 0.5) is 0 Å². The molecule has 1 aromatic rings. The molecule has 0 saturated carbocycles. The smallest absolute Gasteiger partial charge is 0.329 e. The Hall–Kier alpha value is -2.63. The molecule has 1 aromatic carbocycles. The number of hydrogen-bond acceptors (Lipinski definition) is 6. The van der Waals surface area contributed by atoms with Crippen molar-refractivity contribution >= 4 is 17.5 Å². The summed E-state index contributed by atoms with van der Waals surface area (Å²) < 4.78 is 9.81. The van der Waals surface area contributed by atoms with E-state index in [1.54, 1.807) is 12.1 Å². The van der Waals surface area contributed by atoms with E-state index in [2.05, 4.69) is 0 Å². The largest absolute Gasteiger partial charge is 0.504 e. The molecule has 0 saturated heterocycles. The number of ether oxygens (including phenoxy) is 2. The molecule has 0 spiro atoms. The fourth-order valence-electron chi connectivity index (χ4n) is 2.23. The Morgan fingerprint density at radius 3 is 2.73 bits per heavy atom. The number of ketones is 2. The van der Waals surface area contributed by atoms with Crippen LogP contribution in [0.5, 0.6) is 11.5 Å². The summed E-state index contributed by atoms with van der Waals surface area (Å²) in [6.07, 6.45) is 1.51. The third-order valence-electron chi connectivity index (χ3n) is 3.35. The molecule has 1 aliphatic rings. The van der Waals surface area contributed by atoms with Crippen LogP contribution in [-0.2, 0) is 25.5 Å². The third kappa shape index (κ3) is 3.33. The predicted molar refractivity (Wildman–Crippen MR) is 76.3 cm³/mol. The maximum atomic E-state index is 12.1. The lowest BCUT2D eigenvalue weighted by Gasteiger charge is -2.17. The van der Waals surface area contributed by atoms with Gasteiger partial charge in [-0.3, -0.25) is 14.4 Å². The zero-order valence-corrected chi connectivity index (χ0v) is 12.3. The number of hydrogen-bond donors (Lipinski definition) is 1. The molecule has 0 bridgehead atoms. The van der Waals surface area contributed by atoms with E-state index in [0.29, 0.717) is 12.2 Å². The van der Waals surface area contributed by atoms with Crippen LogP contribution in [0.3, 0.4) is 0 Å². The molecule has 0 aliphatic carbocycles. The van der Waals surface area contributed by atoms with Gasteiger partial charge < -0.3 is 14.6 Å². The highest BCUT2D eigenvalue weighted by atomic mass is 16.5. The van der Waals surface area contributed by atoms with Gasteiger partial charge in [-0.05, 0) is 31.0 Å². The average Bonchev–Trinajstić information content (AvgIpc) is 2.45. The van der Waals surface area contributed by atoms with E-state index in [9.17, 15) is 19.5 Å². The van der Waals surface area contributed by atoms with E-state index in [0.717, 1.165) is 11.6 Å². The van der Waals surface area contributed by atoms with Crippen LogP contribution in [0.2, 0.25) is 0 Å². The van der Waals surface area contributed by atoms with Crippen LogP contribution in [0, 0.1) is 5.92 Å². The number of Topliss-reactive ketones (excluding diaryl/α,β-unsaturated/α-hetero) is 1. The molecule has 1 unspecified atom stereocenters. The monoisotopic (exact) mass is 304 g/mol. The number of carbonyl (C=O) groups is 3. The van der Waals surface area contributed by atoms with Gasteiger partial charge in [-0.1, -0.05) is 6.07 Å². The molecule has 1 heterocycles. The number of esters is 1. The van der Waals surface area contributed by atoms with E-state index in [-0.39, 0.29) is 17.9 Å². The fourth-order valence-corrected chi connectivity index (χ4v) is 2.23. The second-order valence-electron chi connectivity index (χ2n) is 4.98. The highest BCUT2D eigenvalue weighted by Crippen LogP contribution is 2.27. The highest BCUT2D eigenvalue weighted by Gasteiger charge is 2.36. The first-order chi connectivity index (χ1) is 10.4. The SMILES string of the molecule is COc1cc(CCC(=O)C2C(=O)C=C(C)OC2=O)ccc1O. The molecule has 1 aliphatic heterocycles. The number of phenols is 1. The maximum Gasteiger partial charge on any atom is 0.329 e. The molecule has 6 nitrogen and oxygen atoms in total. The minimum absolute atomic E-state index is 0.00391. The maximum absolute atomic E-state index is 12.1. The van der Waals surface area contributed by atoms with Gasteiger partial charge in [0.15, 0.2) is 29.0 Å². The summed E-state index contributed by atoms with van der Waals surface area (Å²) in [6, 6.07) is 4.72. The van der Waals surface area contributed by atoms with Crippen LogP contribution in [0.1, 0.15) is 18.9 Å². The van der Waals surface area contributed by atoms with Gasteiger partial charge in [0.2, 0.25) is 0 Å². The summed E-state index contributed by atoms with van der Waals surface area (Å²) in [5.41, 5.74) is 0.756. The van der Waals surface area contributed by atoms with Crippen molar-refractivity contribution < 1.29 is 29.0 Å². The number of allylic oxidation sites excluding steroid dienone is 2. The van der Waals surface area contributed by atoms with Crippen molar-refractivity contribution in [2.24, 2.45) is 5.92 Å². The van der Waals surface area contributed by atoms with E-state index >= 15 is 0 Å². The Morgan fingerprint density at radius 1 is 1.36 bits per heavy atom. The molecule has 0 aromatic heterocycles. The summed E-state index contributed by atoms with van der Waals surface area (Å²) in [7, 11) is 1.43. The topological polar surface area (TPSA) is 89.9 Å². The highest BCUT2D eigenvalue weighted by molar-refractivity contribution is 6.22. The first kappa shape index (κ1) is 15.8. The molecule has 22 heavy (non-hydrogen) atoms. The zero-order chi connectivity index (χ0) is 16.3. The second-order valence-corrected chi connectivity index (χ2v) is 4.98. The number of methoxy groups -OCH3 is 1. The molecule has 0 amide bonds. The Balaban J connectivity index is 2.04. The van der Waals surface area contributed by atoms with Crippen molar-refractivity contribution in [2.45, 2.75) is 19.8 Å². The molecule has 0 fully saturated rings. The molecule has 2 rings (SSSR count). The van der Waals surface area contributed by atoms with Gasteiger partial charge in [0.05, 0.1) is 7.11 Å². The van der Waals surface area contributed by atoms with Crippen molar-refractivity contribution in [1.82, 2.24) is 0 Å². The quantitative estimate of drug-likeness (QED) is 0.655. The van der Waals surface area contributed by atoms with E-state index in [1.807, 2.05) is 0 Å². The summed E-state index contributed by atoms with van der Waals surface area (Å²) in [5, 5.41) is 9.51. The van der Waals surface area contributed by atoms with Gasteiger partial charge in [-0.15, -0.1) is 0 Å². The lowest BCUT2D eigenvalue weighted by Crippen LogP contribution is -2.35. The van der Waals surface area contributed by atoms with Gasteiger partial charge in [-0.25, -0.2) is 0 Å². The van der Waals surface area contributed by atoms with E-state index in [4.69, 9.17) is 9.47 Å². The number of aryl methyl sites for hydroxylation is 1. The third-order valence-corrected chi connectivity index (χ3v) is 3.35. The van der Waals surface area contributed by atoms with Crippen LogP contribution >= 0.6 is 0 Å². The Morgan fingerprint density at radius 2 is 2.09 bits per heavy atom. The first-order valence-electron chi connectivity index (χ1n) is 6.75. The Kier molecular flexibility index (Phi) is 4.60. The van der Waals surface area contributed by atoms with Crippen molar-refractivity contribution in [2.75, 3.05) is 7.11 Å². The fraction of sp³-hybridized carbons (Fsp3) is 0.312. The molecular weight excluding hydrogens is 288 g/mol. The van der Waals surface area contributed by atoms with Crippen molar-refractivity contribution in [3.8, 4) is 11.5 Å². The van der Waals surface area contributed by atoms with Crippen LogP contribution in [-0.4, -0.2) is 29.8 Å². The van der Waals surface area contributed by atoms with Crippen LogP contribution in [0.25, 0.3) is 0 Å². The van der Waals surface area contributed by atoms with Crippen molar-refractivity contribution in [3.63, 3.8) is 0 Å². The Labute approximate surface area is 127 Å². The molecule has 6 heteroatoms. The molecular formula is C16H16O6. The van der Waals surface area contributed by atoms with Crippen molar-refractivity contribution in [1.29, 1.82) is 0 Å². The van der Waals surface area contributed by atoms with Gasteiger partial charge in [0.25, 0.3) is 0 Å². The predicted octanol–water partition coefficient (Wildman–Crippen LogP) is 1.55. The normalized spacial score (nSPS) is 17.7. The minimum Gasteiger partial charge on any atom is -0.504 e. The lowest BCUT2D eigenvalue weighted by atomic mass is 9.92. The molecule has 1 N–H and O–H groups in total. The van der Waals surface area contributed by atoms with Gasteiger partial charge in [-0.2, -0.15) is 0 Å². The summed E-state index contributed by atoms with van der Waals surface area (Å²) >= 11 is 0. The number of cyclic esters (lactones) is 1. The van der Waals surface area contributed by atoms with Crippen molar-refractivity contribution in [3.05, 3.63) is 35.6 Å². The van der Waals surface area contributed by atoms with Crippen LogP contribution < -0.4 is 4.74 Å². The number of carbonyl (C=O) groups excluding carboxylic acids is 3. The summed E-state index contributed by atoms with van der Waals surface area (Å²) in [5.74, 6) is -2.71. The first-order valence-corrected chi connectivity index (χ1v) is 6.75. The number of rotatable bonds is 5. The van der Waals surface area contributed by atoms with E-state index in [1.165, 1.54) is 20.1 Å². The molecule has 116 valence electrons. The second kappa shape index (κ2) is 6.43. The van der Waals surface area contributed by atoms with Gasteiger partial charge in [0.1, 0.15) is 5.76 Å². The zero-order valence-electron chi connectivity index (χ0n) is 12.3. The van der Waals surface area contributed by atoms with Crippen LogP contribution in [0.15, 0.2) is 30.0 Å². The summed E-state index contributed by atoms with van der Waals surface area (Å²) in [4.78, 5) is 35.5.